The van der Waals surface area contributed by atoms with Gasteiger partial charge in [-0.1, -0.05) is 25.5 Å². The Morgan fingerprint density at radius 3 is 2.90 bits per heavy atom. The number of hydrogen-bond donors (Lipinski definition) is 2. The summed E-state index contributed by atoms with van der Waals surface area (Å²) in [5.74, 6) is 0.812. The van der Waals surface area contributed by atoms with E-state index in [9.17, 15) is 4.79 Å². The standard InChI is InChI=1S/C16H24N2O2/c1-3-9-16(10-6-11-17-12-16)15(19)18-13-7-4-5-8-14(13)20-2/h4-5,7-8,17H,3,6,9-12H2,1-2H3,(H,18,19). The van der Waals surface area contributed by atoms with Crippen LogP contribution >= 0.6 is 0 Å². The van der Waals surface area contributed by atoms with Crippen molar-refractivity contribution in [2.24, 2.45) is 5.41 Å². The average molecular weight is 276 g/mol. The lowest BCUT2D eigenvalue weighted by Crippen LogP contribution is -2.48. The Morgan fingerprint density at radius 2 is 2.25 bits per heavy atom. The molecule has 110 valence electrons. The average Bonchev–Trinajstić information content (AvgIpc) is 2.49. The molecule has 4 nitrogen and oxygen atoms in total. The van der Waals surface area contributed by atoms with E-state index >= 15 is 0 Å². The van der Waals surface area contributed by atoms with E-state index in [-0.39, 0.29) is 11.3 Å². The van der Waals surface area contributed by atoms with E-state index in [0.717, 1.165) is 44.5 Å². The van der Waals surface area contributed by atoms with E-state index in [4.69, 9.17) is 4.74 Å². The van der Waals surface area contributed by atoms with E-state index in [1.807, 2.05) is 24.3 Å². The summed E-state index contributed by atoms with van der Waals surface area (Å²) in [5.41, 5.74) is 0.467. The molecule has 0 saturated carbocycles. The zero-order chi connectivity index (χ0) is 14.4. The van der Waals surface area contributed by atoms with Gasteiger partial charge in [0.1, 0.15) is 5.75 Å². The predicted octanol–water partition coefficient (Wildman–Crippen LogP) is 2.80. The zero-order valence-electron chi connectivity index (χ0n) is 12.4. The smallest absolute Gasteiger partial charge is 0.231 e. The molecule has 20 heavy (non-hydrogen) atoms. The van der Waals surface area contributed by atoms with Gasteiger partial charge in [0.2, 0.25) is 5.91 Å². The van der Waals surface area contributed by atoms with Gasteiger partial charge >= 0.3 is 0 Å². The van der Waals surface area contributed by atoms with Crippen molar-refractivity contribution in [3.8, 4) is 5.75 Å². The minimum atomic E-state index is -0.284. The Kier molecular flexibility index (Phi) is 5.01. The summed E-state index contributed by atoms with van der Waals surface area (Å²) in [4.78, 5) is 12.7. The number of para-hydroxylation sites is 2. The molecule has 1 heterocycles. The third-order valence-electron chi connectivity index (χ3n) is 4.04. The predicted molar refractivity (Wildman–Crippen MR) is 81.1 cm³/mol. The van der Waals surface area contributed by atoms with Crippen LogP contribution in [0.2, 0.25) is 0 Å². The van der Waals surface area contributed by atoms with Gasteiger partial charge < -0.3 is 15.4 Å². The summed E-state index contributed by atoms with van der Waals surface area (Å²) >= 11 is 0. The molecule has 1 aliphatic heterocycles. The van der Waals surface area contributed by atoms with Gasteiger partial charge in [0.25, 0.3) is 0 Å². The quantitative estimate of drug-likeness (QED) is 0.869. The number of ether oxygens (including phenoxy) is 1. The van der Waals surface area contributed by atoms with Gasteiger partial charge in [-0.05, 0) is 37.9 Å². The van der Waals surface area contributed by atoms with Crippen LogP contribution in [-0.2, 0) is 4.79 Å². The maximum atomic E-state index is 12.7. The lowest BCUT2D eigenvalue weighted by atomic mass is 9.76. The number of anilines is 1. The molecule has 2 rings (SSSR count). The van der Waals surface area contributed by atoms with Gasteiger partial charge in [0.15, 0.2) is 0 Å². The van der Waals surface area contributed by atoms with Crippen molar-refractivity contribution >= 4 is 11.6 Å². The van der Waals surface area contributed by atoms with Gasteiger partial charge in [-0.15, -0.1) is 0 Å². The summed E-state index contributed by atoms with van der Waals surface area (Å²) in [5, 5.41) is 6.42. The van der Waals surface area contributed by atoms with E-state index in [1.165, 1.54) is 0 Å². The SMILES string of the molecule is CCCC1(C(=O)Nc2ccccc2OC)CCCNC1. The molecule has 0 spiro atoms. The topological polar surface area (TPSA) is 50.4 Å². The van der Waals surface area contributed by atoms with Crippen molar-refractivity contribution in [3.63, 3.8) is 0 Å². The molecule has 0 aliphatic carbocycles. The third kappa shape index (κ3) is 3.12. The third-order valence-corrected chi connectivity index (χ3v) is 4.04. The second kappa shape index (κ2) is 6.75. The monoisotopic (exact) mass is 276 g/mol. The largest absolute Gasteiger partial charge is 0.495 e. The van der Waals surface area contributed by atoms with Crippen molar-refractivity contribution in [2.45, 2.75) is 32.6 Å². The first-order chi connectivity index (χ1) is 9.72. The van der Waals surface area contributed by atoms with Crippen LogP contribution in [0.15, 0.2) is 24.3 Å². The molecule has 4 heteroatoms. The minimum Gasteiger partial charge on any atom is -0.495 e. The van der Waals surface area contributed by atoms with Crippen LogP contribution in [0, 0.1) is 5.41 Å². The first-order valence-electron chi connectivity index (χ1n) is 7.37. The Balaban J connectivity index is 2.16. The molecule has 1 fully saturated rings. The number of rotatable bonds is 5. The molecule has 1 aromatic carbocycles. The fraction of sp³-hybridized carbons (Fsp3) is 0.562. The van der Waals surface area contributed by atoms with Gasteiger partial charge in [0, 0.05) is 6.54 Å². The van der Waals surface area contributed by atoms with Gasteiger partial charge in [-0.2, -0.15) is 0 Å². The molecule has 0 aromatic heterocycles. The van der Waals surface area contributed by atoms with Crippen LogP contribution in [0.4, 0.5) is 5.69 Å². The number of nitrogens with one attached hydrogen (secondary N) is 2. The van der Waals surface area contributed by atoms with Crippen molar-refractivity contribution in [1.29, 1.82) is 0 Å². The number of hydrogen-bond acceptors (Lipinski definition) is 3. The normalized spacial score (nSPS) is 22.3. The molecule has 1 atom stereocenters. The number of benzene rings is 1. The number of carbonyl (C=O) groups excluding carboxylic acids is 1. The zero-order valence-corrected chi connectivity index (χ0v) is 12.4. The molecule has 0 radical (unpaired) electrons. The van der Waals surface area contributed by atoms with Crippen molar-refractivity contribution in [2.75, 3.05) is 25.5 Å². The van der Waals surface area contributed by atoms with E-state index in [0.29, 0.717) is 5.75 Å². The van der Waals surface area contributed by atoms with Gasteiger partial charge in [-0.25, -0.2) is 0 Å². The highest BCUT2D eigenvalue weighted by atomic mass is 16.5. The van der Waals surface area contributed by atoms with E-state index in [2.05, 4.69) is 17.6 Å². The Labute approximate surface area is 120 Å². The highest BCUT2D eigenvalue weighted by Crippen LogP contribution is 2.34. The lowest BCUT2D eigenvalue weighted by molar-refractivity contribution is -0.127. The van der Waals surface area contributed by atoms with Crippen LogP contribution in [0.1, 0.15) is 32.6 Å². The molecule has 2 N–H and O–H groups in total. The molecule has 0 bridgehead atoms. The maximum Gasteiger partial charge on any atom is 0.231 e. The molecule has 1 aromatic rings. The first-order valence-corrected chi connectivity index (χ1v) is 7.37. The fourth-order valence-electron chi connectivity index (χ4n) is 2.97. The van der Waals surface area contributed by atoms with Crippen LogP contribution in [-0.4, -0.2) is 26.1 Å². The molecule has 1 unspecified atom stereocenters. The summed E-state index contributed by atoms with van der Waals surface area (Å²) in [6.45, 7) is 3.90. The fourth-order valence-corrected chi connectivity index (χ4v) is 2.97. The Morgan fingerprint density at radius 1 is 1.45 bits per heavy atom. The summed E-state index contributed by atoms with van der Waals surface area (Å²) in [6, 6.07) is 7.55. The van der Waals surface area contributed by atoms with E-state index in [1.54, 1.807) is 7.11 Å². The van der Waals surface area contributed by atoms with Crippen molar-refractivity contribution in [3.05, 3.63) is 24.3 Å². The van der Waals surface area contributed by atoms with Gasteiger partial charge in [0.05, 0.1) is 18.2 Å². The number of carbonyl (C=O) groups is 1. The Bertz CT molecular complexity index is 448. The molecular weight excluding hydrogens is 252 g/mol. The number of methoxy groups -OCH3 is 1. The molecule has 1 saturated heterocycles. The maximum absolute atomic E-state index is 12.7. The lowest BCUT2D eigenvalue weighted by Gasteiger charge is -2.36. The summed E-state index contributed by atoms with van der Waals surface area (Å²) in [6.07, 6.45) is 3.94. The number of amides is 1. The van der Waals surface area contributed by atoms with Crippen molar-refractivity contribution in [1.82, 2.24) is 5.32 Å². The van der Waals surface area contributed by atoms with E-state index < -0.39 is 0 Å². The van der Waals surface area contributed by atoms with Crippen molar-refractivity contribution < 1.29 is 9.53 Å². The van der Waals surface area contributed by atoms with Crippen LogP contribution < -0.4 is 15.4 Å². The second-order valence-electron chi connectivity index (χ2n) is 5.47. The summed E-state index contributed by atoms with van der Waals surface area (Å²) in [7, 11) is 1.62. The highest BCUT2D eigenvalue weighted by molar-refractivity contribution is 5.96. The number of piperidine rings is 1. The van der Waals surface area contributed by atoms with Crippen LogP contribution in [0.5, 0.6) is 5.75 Å². The van der Waals surface area contributed by atoms with Crippen LogP contribution in [0.3, 0.4) is 0 Å². The molecular formula is C16H24N2O2. The second-order valence-corrected chi connectivity index (χ2v) is 5.47. The molecule has 1 amide bonds. The Hall–Kier alpha value is -1.55. The molecule has 1 aliphatic rings. The first kappa shape index (κ1) is 14.9. The van der Waals surface area contributed by atoms with Gasteiger partial charge in [-0.3, -0.25) is 4.79 Å². The van der Waals surface area contributed by atoms with Crippen LogP contribution in [0.25, 0.3) is 0 Å². The summed E-state index contributed by atoms with van der Waals surface area (Å²) < 4.78 is 5.30. The minimum absolute atomic E-state index is 0.107. The highest BCUT2D eigenvalue weighted by Gasteiger charge is 2.38.